The van der Waals surface area contributed by atoms with Crippen LogP contribution in [0.25, 0.3) is 0 Å². The van der Waals surface area contributed by atoms with Crippen LogP contribution in [-0.4, -0.2) is 38.0 Å². The van der Waals surface area contributed by atoms with Crippen LogP contribution in [0, 0.1) is 0 Å². The molecule has 1 atom stereocenters. The van der Waals surface area contributed by atoms with Gasteiger partial charge in [-0.25, -0.2) is 0 Å². The van der Waals surface area contributed by atoms with Crippen molar-refractivity contribution in [1.29, 1.82) is 0 Å². The first-order chi connectivity index (χ1) is 7.83. The normalized spacial score (nSPS) is 18.0. The lowest BCUT2D eigenvalue weighted by molar-refractivity contribution is 0.218. The van der Waals surface area contributed by atoms with Gasteiger partial charge in [0.2, 0.25) is 0 Å². The molecule has 1 heterocycles. The summed E-state index contributed by atoms with van der Waals surface area (Å²) in [6, 6.07) is 5.91. The molecular formula is C12H17NO3. The summed E-state index contributed by atoms with van der Waals surface area (Å²) >= 11 is 0. The van der Waals surface area contributed by atoms with Crippen LogP contribution in [0.4, 0.5) is 0 Å². The van der Waals surface area contributed by atoms with Crippen LogP contribution in [0.1, 0.15) is 5.56 Å². The third kappa shape index (κ3) is 2.46. The molecule has 0 fully saturated rings. The van der Waals surface area contributed by atoms with Gasteiger partial charge in [-0.1, -0.05) is 6.07 Å². The van der Waals surface area contributed by atoms with Gasteiger partial charge < -0.3 is 19.9 Å². The molecule has 0 radical (unpaired) electrons. The SMILES string of the molecule is COc1ccc2c(c1)OC(CNCCO)C2. The molecular weight excluding hydrogens is 206 g/mol. The van der Waals surface area contributed by atoms with Crippen molar-refractivity contribution in [3.05, 3.63) is 23.8 Å². The minimum atomic E-state index is 0.160. The summed E-state index contributed by atoms with van der Waals surface area (Å²) in [6.45, 7) is 1.53. The van der Waals surface area contributed by atoms with Gasteiger partial charge in [-0.05, 0) is 11.6 Å². The molecule has 0 saturated carbocycles. The van der Waals surface area contributed by atoms with E-state index in [0.29, 0.717) is 6.54 Å². The molecule has 2 N–H and O–H groups in total. The van der Waals surface area contributed by atoms with Crippen molar-refractivity contribution >= 4 is 0 Å². The largest absolute Gasteiger partial charge is 0.497 e. The Balaban J connectivity index is 1.93. The molecule has 88 valence electrons. The van der Waals surface area contributed by atoms with Crippen molar-refractivity contribution in [1.82, 2.24) is 5.32 Å². The van der Waals surface area contributed by atoms with Crippen LogP contribution in [0.15, 0.2) is 18.2 Å². The van der Waals surface area contributed by atoms with Gasteiger partial charge in [-0.15, -0.1) is 0 Å². The lowest BCUT2D eigenvalue weighted by Crippen LogP contribution is -2.31. The third-order valence-electron chi connectivity index (χ3n) is 2.68. The Morgan fingerprint density at radius 3 is 3.19 bits per heavy atom. The standard InChI is InChI=1S/C12H17NO3/c1-15-10-3-2-9-6-11(8-13-4-5-14)16-12(9)7-10/h2-3,7,11,13-14H,4-6,8H2,1H3. The second kappa shape index (κ2) is 5.18. The molecule has 0 aliphatic carbocycles. The van der Waals surface area contributed by atoms with Gasteiger partial charge in [0.05, 0.1) is 13.7 Å². The van der Waals surface area contributed by atoms with Gasteiger partial charge in [0.15, 0.2) is 0 Å². The smallest absolute Gasteiger partial charge is 0.126 e. The van der Waals surface area contributed by atoms with Crippen molar-refractivity contribution in [2.24, 2.45) is 0 Å². The molecule has 1 aliphatic rings. The Labute approximate surface area is 95.2 Å². The fourth-order valence-electron chi connectivity index (χ4n) is 1.86. The van der Waals surface area contributed by atoms with Crippen molar-refractivity contribution in [3.8, 4) is 11.5 Å². The molecule has 1 unspecified atom stereocenters. The average Bonchev–Trinajstić information content (AvgIpc) is 2.70. The fraction of sp³-hybridized carbons (Fsp3) is 0.500. The number of hydrogen-bond donors (Lipinski definition) is 2. The van der Waals surface area contributed by atoms with E-state index >= 15 is 0 Å². The number of aliphatic hydroxyl groups is 1. The first-order valence-electron chi connectivity index (χ1n) is 5.48. The monoisotopic (exact) mass is 223 g/mol. The second-order valence-corrected chi connectivity index (χ2v) is 3.85. The molecule has 1 aliphatic heterocycles. The Hall–Kier alpha value is -1.26. The number of aliphatic hydroxyl groups excluding tert-OH is 1. The predicted octanol–water partition coefficient (Wildman–Crippen LogP) is 0.581. The number of methoxy groups -OCH3 is 1. The lowest BCUT2D eigenvalue weighted by Gasteiger charge is -2.10. The molecule has 16 heavy (non-hydrogen) atoms. The molecule has 0 aromatic heterocycles. The summed E-state index contributed by atoms with van der Waals surface area (Å²) in [5, 5.41) is 11.8. The Bertz CT molecular complexity index is 354. The average molecular weight is 223 g/mol. The van der Waals surface area contributed by atoms with Gasteiger partial charge in [0, 0.05) is 25.6 Å². The third-order valence-corrected chi connectivity index (χ3v) is 2.68. The highest BCUT2D eigenvalue weighted by atomic mass is 16.5. The summed E-state index contributed by atoms with van der Waals surface area (Å²) in [5.74, 6) is 1.73. The van der Waals surface area contributed by atoms with E-state index in [1.807, 2.05) is 18.2 Å². The van der Waals surface area contributed by atoms with E-state index in [0.717, 1.165) is 24.5 Å². The van der Waals surface area contributed by atoms with Crippen molar-refractivity contribution < 1.29 is 14.6 Å². The van der Waals surface area contributed by atoms with Gasteiger partial charge in [-0.2, -0.15) is 0 Å². The minimum absolute atomic E-state index is 0.160. The zero-order valence-corrected chi connectivity index (χ0v) is 9.40. The van der Waals surface area contributed by atoms with Crippen LogP contribution in [0.3, 0.4) is 0 Å². The maximum atomic E-state index is 8.66. The Morgan fingerprint density at radius 1 is 1.56 bits per heavy atom. The number of rotatable bonds is 5. The Kier molecular flexibility index (Phi) is 3.64. The van der Waals surface area contributed by atoms with Gasteiger partial charge in [0.1, 0.15) is 17.6 Å². The summed E-state index contributed by atoms with van der Waals surface area (Å²) in [7, 11) is 1.65. The van der Waals surface area contributed by atoms with Crippen LogP contribution in [0.2, 0.25) is 0 Å². The zero-order chi connectivity index (χ0) is 11.4. The molecule has 2 rings (SSSR count). The van der Waals surface area contributed by atoms with E-state index in [-0.39, 0.29) is 12.7 Å². The minimum Gasteiger partial charge on any atom is -0.497 e. The van der Waals surface area contributed by atoms with Gasteiger partial charge in [-0.3, -0.25) is 0 Å². The summed E-state index contributed by atoms with van der Waals surface area (Å²) in [6.07, 6.45) is 1.08. The highest BCUT2D eigenvalue weighted by Crippen LogP contribution is 2.31. The first-order valence-corrected chi connectivity index (χ1v) is 5.48. The lowest BCUT2D eigenvalue weighted by atomic mass is 10.1. The Morgan fingerprint density at radius 2 is 2.44 bits per heavy atom. The van der Waals surface area contributed by atoms with E-state index in [4.69, 9.17) is 14.6 Å². The maximum Gasteiger partial charge on any atom is 0.126 e. The van der Waals surface area contributed by atoms with Crippen molar-refractivity contribution in [3.63, 3.8) is 0 Å². The number of fused-ring (bicyclic) bond motifs is 1. The highest BCUT2D eigenvalue weighted by Gasteiger charge is 2.22. The van der Waals surface area contributed by atoms with E-state index in [1.165, 1.54) is 5.56 Å². The van der Waals surface area contributed by atoms with Crippen LogP contribution < -0.4 is 14.8 Å². The topological polar surface area (TPSA) is 50.7 Å². The summed E-state index contributed by atoms with van der Waals surface area (Å²) in [4.78, 5) is 0. The number of ether oxygens (including phenoxy) is 2. The molecule has 1 aromatic carbocycles. The van der Waals surface area contributed by atoms with Crippen molar-refractivity contribution in [2.45, 2.75) is 12.5 Å². The van der Waals surface area contributed by atoms with E-state index in [1.54, 1.807) is 7.11 Å². The fourth-order valence-corrected chi connectivity index (χ4v) is 1.86. The van der Waals surface area contributed by atoms with Crippen molar-refractivity contribution in [2.75, 3.05) is 26.8 Å². The summed E-state index contributed by atoms with van der Waals surface area (Å²) in [5.41, 5.74) is 1.22. The number of benzene rings is 1. The molecule has 4 nitrogen and oxygen atoms in total. The number of nitrogens with one attached hydrogen (secondary N) is 1. The van der Waals surface area contributed by atoms with E-state index in [9.17, 15) is 0 Å². The van der Waals surface area contributed by atoms with Gasteiger partial charge >= 0.3 is 0 Å². The highest BCUT2D eigenvalue weighted by molar-refractivity contribution is 5.43. The first kappa shape index (κ1) is 11.2. The molecule has 0 saturated heterocycles. The van der Waals surface area contributed by atoms with Crippen LogP contribution in [-0.2, 0) is 6.42 Å². The maximum absolute atomic E-state index is 8.66. The van der Waals surface area contributed by atoms with E-state index < -0.39 is 0 Å². The zero-order valence-electron chi connectivity index (χ0n) is 9.40. The second-order valence-electron chi connectivity index (χ2n) is 3.85. The van der Waals surface area contributed by atoms with E-state index in [2.05, 4.69) is 5.32 Å². The molecule has 0 spiro atoms. The molecule has 4 heteroatoms. The van der Waals surface area contributed by atoms with Crippen LogP contribution >= 0.6 is 0 Å². The molecule has 1 aromatic rings. The number of hydrogen-bond acceptors (Lipinski definition) is 4. The molecule has 0 amide bonds. The summed E-state index contributed by atoms with van der Waals surface area (Å²) < 4.78 is 10.9. The predicted molar refractivity (Wildman–Crippen MR) is 61.1 cm³/mol. The molecule has 0 bridgehead atoms. The quantitative estimate of drug-likeness (QED) is 0.717. The van der Waals surface area contributed by atoms with Gasteiger partial charge in [0.25, 0.3) is 0 Å². The van der Waals surface area contributed by atoms with Crippen LogP contribution in [0.5, 0.6) is 11.5 Å².